The Bertz CT molecular complexity index is 541. The predicted octanol–water partition coefficient (Wildman–Crippen LogP) is 1.76. The molecule has 6 heteroatoms. The van der Waals surface area contributed by atoms with Gasteiger partial charge in [0, 0.05) is 25.1 Å². The number of nitrogens with zero attached hydrogens (tertiary/aromatic N) is 2. The molecule has 0 aromatic carbocycles. The average Bonchev–Trinajstić information content (AvgIpc) is 3.12. The monoisotopic (exact) mass is 261 g/mol. The number of ether oxygens (including phenoxy) is 1. The van der Waals surface area contributed by atoms with E-state index in [1.807, 2.05) is 0 Å². The lowest BCUT2D eigenvalue weighted by Crippen LogP contribution is -2.18. The van der Waals surface area contributed by atoms with Gasteiger partial charge in [-0.2, -0.15) is 5.10 Å². The number of carbonyl (C=O) groups is 1. The number of amides is 1. The summed E-state index contributed by atoms with van der Waals surface area (Å²) in [6.07, 6.45) is 5.61. The predicted molar refractivity (Wildman–Crippen MR) is 67.8 cm³/mol. The van der Waals surface area contributed by atoms with Gasteiger partial charge in [-0.1, -0.05) is 0 Å². The molecule has 3 heterocycles. The highest BCUT2D eigenvalue weighted by Gasteiger charge is 2.18. The molecule has 0 radical (unpaired) electrons. The number of nitrogens with one attached hydrogen (secondary N) is 1. The van der Waals surface area contributed by atoms with Crippen LogP contribution in [-0.4, -0.2) is 28.9 Å². The molecule has 2 aromatic rings. The van der Waals surface area contributed by atoms with Gasteiger partial charge in [-0.3, -0.25) is 4.79 Å². The Morgan fingerprint density at radius 1 is 1.53 bits per heavy atom. The number of furan rings is 1. The van der Waals surface area contributed by atoms with Crippen molar-refractivity contribution in [1.82, 2.24) is 9.78 Å². The normalized spacial score (nSPS) is 18.6. The first-order valence-corrected chi connectivity index (χ1v) is 6.26. The van der Waals surface area contributed by atoms with E-state index in [2.05, 4.69) is 10.4 Å². The summed E-state index contributed by atoms with van der Waals surface area (Å²) < 4.78 is 12.0. The topological polar surface area (TPSA) is 69.3 Å². The maximum absolute atomic E-state index is 11.9. The summed E-state index contributed by atoms with van der Waals surface area (Å²) in [6, 6.07) is 3.41. The van der Waals surface area contributed by atoms with Crippen molar-refractivity contribution in [2.24, 2.45) is 5.92 Å². The summed E-state index contributed by atoms with van der Waals surface area (Å²) in [7, 11) is 0. The number of rotatable bonds is 4. The average molecular weight is 261 g/mol. The highest BCUT2D eigenvalue weighted by molar-refractivity contribution is 6.03. The van der Waals surface area contributed by atoms with Crippen molar-refractivity contribution in [2.45, 2.75) is 13.0 Å². The lowest BCUT2D eigenvalue weighted by atomic mass is 10.1. The molecule has 1 fully saturated rings. The molecule has 3 rings (SSSR count). The molecule has 1 saturated heterocycles. The van der Waals surface area contributed by atoms with Crippen LogP contribution in [0.5, 0.6) is 0 Å². The molecule has 100 valence electrons. The second-order valence-electron chi connectivity index (χ2n) is 4.59. The molecule has 1 aliphatic heterocycles. The third kappa shape index (κ3) is 2.68. The van der Waals surface area contributed by atoms with Crippen LogP contribution in [0.4, 0.5) is 5.82 Å². The molecule has 1 aliphatic rings. The van der Waals surface area contributed by atoms with Crippen molar-refractivity contribution >= 4 is 11.7 Å². The summed E-state index contributed by atoms with van der Waals surface area (Å²) in [5, 5.41) is 7.06. The van der Waals surface area contributed by atoms with Gasteiger partial charge in [0.25, 0.3) is 5.91 Å². The molecular formula is C13H15N3O3. The standard InChI is InChI=1S/C13H15N3O3/c17-13(11-3-6-19-9-11)15-12-1-4-14-16(12)7-10-2-5-18-8-10/h1,3-4,6,9-10H,2,5,7-8H2,(H,15,17)/t10-/m0/s1. The fourth-order valence-corrected chi connectivity index (χ4v) is 2.14. The summed E-state index contributed by atoms with van der Waals surface area (Å²) in [6.45, 7) is 2.33. The minimum absolute atomic E-state index is 0.196. The van der Waals surface area contributed by atoms with E-state index in [4.69, 9.17) is 9.15 Å². The third-order valence-corrected chi connectivity index (χ3v) is 3.20. The van der Waals surface area contributed by atoms with Crippen LogP contribution >= 0.6 is 0 Å². The first-order valence-electron chi connectivity index (χ1n) is 6.26. The minimum Gasteiger partial charge on any atom is -0.472 e. The molecule has 0 unspecified atom stereocenters. The van der Waals surface area contributed by atoms with E-state index in [0.717, 1.165) is 26.2 Å². The highest BCUT2D eigenvalue weighted by atomic mass is 16.5. The van der Waals surface area contributed by atoms with E-state index in [0.29, 0.717) is 17.3 Å². The molecule has 1 amide bonds. The lowest BCUT2D eigenvalue weighted by molar-refractivity contribution is 0.102. The van der Waals surface area contributed by atoms with Gasteiger partial charge < -0.3 is 14.5 Å². The first kappa shape index (κ1) is 12.0. The van der Waals surface area contributed by atoms with Gasteiger partial charge in [0.05, 0.1) is 24.6 Å². The molecular weight excluding hydrogens is 246 g/mol. The van der Waals surface area contributed by atoms with Crippen molar-refractivity contribution in [3.63, 3.8) is 0 Å². The van der Waals surface area contributed by atoms with Gasteiger partial charge in [0.15, 0.2) is 0 Å². The number of hydrogen-bond donors (Lipinski definition) is 1. The SMILES string of the molecule is O=C(Nc1ccnn1C[C@@H]1CCOC1)c1ccoc1. The molecule has 0 bridgehead atoms. The fraction of sp³-hybridized carbons (Fsp3) is 0.385. The Balaban J connectivity index is 1.68. The smallest absolute Gasteiger partial charge is 0.260 e. The summed E-state index contributed by atoms with van der Waals surface area (Å²) >= 11 is 0. The molecule has 2 aromatic heterocycles. The van der Waals surface area contributed by atoms with Crippen molar-refractivity contribution < 1.29 is 13.9 Å². The van der Waals surface area contributed by atoms with Crippen molar-refractivity contribution in [3.8, 4) is 0 Å². The fourth-order valence-electron chi connectivity index (χ4n) is 2.14. The minimum atomic E-state index is -0.196. The van der Waals surface area contributed by atoms with Crippen LogP contribution in [0.15, 0.2) is 35.3 Å². The van der Waals surface area contributed by atoms with Gasteiger partial charge in [-0.15, -0.1) is 0 Å². The van der Waals surface area contributed by atoms with E-state index < -0.39 is 0 Å². The van der Waals surface area contributed by atoms with Crippen LogP contribution in [0.25, 0.3) is 0 Å². The molecule has 6 nitrogen and oxygen atoms in total. The zero-order valence-electron chi connectivity index (χ0n) is 10.4. The van der Waals surface area contributed by atoms with Gasteiger partial charge >= 0.3 is 0 Å². The van der Waals surface area contributed by atoms with Crippen LogP contribution in [0, 0.1) is 5.92 Å². The largest absolute Gasteiger partial charge is 0.472 e. The van der Waals surface area contributed by atoms with Crippen LogP contribution in [-0.2, 0) is 11.3 Å². The third-order valence-electron chi connectivity index (χ3n) is 3.20. The number of anilines is 1. The van der Waals surface area contributed by atoms with Crippen LogP contribution in [0.2, 0.25) is 0 Å². The molecule has 0 aliphatic carbocycles. The van der Waals surface area contributed by atoms with Gasteiger partial charge in [0.2, 0.25) is 0 Å². The lowest BCUT2D eigenvalue weighted by Gasteiger charge is -2.11. The molecule has 1 N–H and O–H groups in total. The summed E-state index contributed by atoms with van der Waals surface area (Å²) in [4.78, 5) is 11.9. The zero-order valence-corrected chi connectivity index (χ0v) is 10.4. The Labute approximate surface area is 110 Å². The molecule has 1 atom stereocenters. The maximum Gasteiger partial charge on any atom is 0.260 e. The van der Waals surface area contributed by atoms with Crippen molar-refractivity contribution in [2.75, 3.05) is 18.5 Å². The second kappa shape index (κ2) is 5.27. The Morgan fingerprint density at radius 2 is 2.47 bits per heavy atom. The van der Waals surface area contributed by atoms with Gasteiger partial charge in [0.1, 0.15) is 12.1 Å². The quantitative estimate of drug-likeness (QED) is 0.910. The van der Waals surface area contributed by atoms with Crippen LogP contribution in [0.1, 0.15) is 16.8 Å². The van der Waals surface area contributed by atoms with E-state index in [1.54, 1.807) is 23.0 Å². The van der Waals surface area contributed by atoms with Gasteiger partial charge in [-0.05, 0) is 12.5 Å². The maximum atomic E-state index is 11.9. The van der Waals surface area contributed by atoms with Crippen molar-refractivity contribution in [1.29, 1.82) is 0 Å². The molecule has 0 saturated carbocycles. The Hall–Kier alpha value is -2.08. The Kier molecular flexibility index (Phi) is 3.33. The second-order valence-corrected chi connectivity index (χ2v) is 4.59. The Morgan fingerprint density at radius 3 is 3.21 bits per heavy atom. The number of hydrogen-bond acceptors (Lipinski definition) is 4. The van der Waals surface area contributed by atoms with E-state index >= 15 is 0 Å². The van der Waals surface area contributed by atoms with E-state index in [-0.39, 0.29) is 5.91 Å². The van der Waals surface area contributed by atoms with Crippen LogP contribution in [0.3, 0.4) is 0 Å². The molecule has 19 heavy (non-hydrogen) atoms. The zero-order chi connectivity index (χ0) is 13.1. The number of carbonyl (C=O) groups excluding carboxylic acids is 1. The van der Waals surface area contributed by atoms with Crippen LogP contribution < -0.4 is 5.32 Å². The highest BCUT2D eigenvalue weighted by Crippen LogP contribution is 2.17. The van der Waals surface area contributed by atoms with E-state index in [9.17, 15) is 4.79 Å². The van der Waals surface area contributed by atoms with Gasteiger partial charge in [-0.25, -0.2) is 4.68 Å². The number of aromatic nitrogens is 2. The first-order chi connectivity index (χ1) is 9.33. The van der Waals surface area contributed by atoms with Crippen molar-refractivity contribution in [3.05, 3.63) is 36.4 Å². The summed E-state index contributed by atoms with van der Waals surface area (Å²) in [5.41, 5.74) is 0.497. The molecule has 0 spiro atoms. The summed E-state index contributed by atoms with van der Waals surface area (Å²) in [5.74, 6) is 0.959. The van der Waals surface area contributed by atoms with E-state index in [1.165, 1.54) is 12.5 Å².